The highest BCUT2D eigenvalue weighted by atomic mass is 35.5. The van der Waals surface area contributed by atoms with E-state index >= 15 is 0 Å². The number of thiazole rings is 1. The number of hydrogen-bond donors (Lipinski definition) is 2. The summed E-state index contributed by atoms with van der Waals surface area (Å²) in [5, 5.41) is 16.4. The number of amides is 2. The van der Waals surface area contributed by atoms with Crippen LogP contribution >= 0.6 is 57.5 Å². The number of carbonyl (C=O) groups excluding carboxylic acids is 1. The monoisotopic (exact) mass is 557 g/mol. The number of aromatic nitrogens is 2. The molecule has 2 fully saturated rings. The normalized spacial score (nSPS) is 19.9. The third kappa shape index (κ3) is 4.70. The molecule has 5 rings (SSSR count). The number of thiophene rings is 1. The Morgan fingerprint density at radius 2 is 1.94 bits per heavy atom. The van der Waals surface area contributed by atoms with Gasteiger partial charge in [-0.25, -0.2) is 14.8 Å². The second-order valence-electron chi connectivity index (χ2n) is 8.20. The van der Waals surface area contributed by atoms with Crippen molar-refractivity contribution in [1.29, 1.82) is 0 Å². The van der Waals surface area contributed by atoms with Crippen LogP contribution in [-0.4, -0.2) is 58.2 Å². The van der Waals surface area contributed by atoms with Crippen molar-refractivity contribution in [3.8, 4) is 10.6 Å². The van der Waals surface area contributed by atoms with Crippen molar-refractivity contribution in [3.63, 3.8) is 0 Å². The summed E-state index contributed by atoms with van der Waals surface area (Å²) < 4.78 is 0. The van der Waals surface area contributed by atoms with Gasteiger partial charge < -0.3 is 14.9 Å². The van der Waals surface area contributed by atoms with Crippen LogP contribution in [0, 0.1) is 11.8 Å². The van der Waals surface area contributed by atoms with Crippen LogP contribution in [0.1, 0.15) is 16.8 Å². The van der Waals surface area contributed by atoms with Gasteiger partial charge in [-0.2, -0.15) is 0 Å². The fourth-order valence-electron chi connectivity index (χ4n) is 4.40. The highest BCUT2D eigenvalue weighted by molar-refractivity contribution is 7.21. The second kappa shape index (κ2) is 9.50. The Labute approximate surface area is 218 Å². The van der Waals surface area contributed by atoms with Gasteiger partial charge in [0, 0.05) is 37.8 Å². The van der Waals surface area contributed by atoms with Crippen LogP contribution in [-0.2, 0) is 0 Å². The van der Waals surface area contributed by atoms with E-state index < -0.39 is 12.0 Å². The van der Waals surface area contributed by atoms with E-state index in [0.717, 1.165) is 35.1 Å². The molecule has 2 amide bonds. The highest BCUT2D eigenvalue weighted by Gasteiger charge is 2.40. The molecule has 0 aromatic carbocycles. The first-order valence-corrected chi connectivity index (χ1v) is 13.2. The zero-order valence-electron chi connectivity index (χ0n) is 17.5. The molecule has 178 valence electrons. The predicted molar refractivity (Wildman–Crippen MR) is 136 cm³/mol. The number of carbonyl (C=O) groups is 2. The molecule has 2 aliphatic rings. The lowest BCUT2D eigenvalue weighted by molar-refractivity contribution is 0.102. The molecule has 34 heavy (non-hydrogen) atoms. The first-order valence-electron chi connectivity index (χ1n) is 10.4. The maximum atomic E-state index is 12.8. The molecule has 2 aliphatic heterocycles. The van der Waals surface area contributed by atoms with E-state index in [1.807, 2.05) is 11.4 Å². The van der Waals surface area contributed by atoms with Crippen molar-refractivity contribution < 1.29 is 14.7 Å². The SMILES string of the molecule is O=C(Nc1nc(-c2cc(Cl)cs2)c(N2CC3CCN(C(=O)O)CC3C2)s1)c1cnc(Cl)c(Cl)c1. The number of piperidine rings is 1. The van der Waals surface area contributed by atoms with E-state index in [9.17, 15) is 14.7 Å². The molecule has 0 aliphatic carbocycles. The molecule has 0 spiro atoms. The maximum Gasteiger partial charge on any atom is 0.407 e. The van der Waals surface area contributed by atoms with E-state index in [0.29, 0.717) is 29.2 Å². The summed E-state index contributed by atoms with van der Waals surface area (Å²) >= 11 is 20.9. The molecule has 3 aromatic heterocycles. The lowest BCUT2D eigenvalue weighted by atomic mass is 9.89. The fourth-order valence-corrected chi connectivity index (χ4v) is 6.79. The average molecular weight is 559 g/mol. The van der Waals surface area contributed by atoms with Crippen molar-refractivity contribution >= 4 is 79.6 Å². The van der Waals surface area contributed by atoms with Gasteiger partial charge in [0.25, 0.3) is 5.91 Å². The summed E-state index contributed by atoms with van der Waals surface area (Å²) in [4.78, 5) is 37.5. The molecule has 8 nitrogen and oxygen atoms in total. The maximum absolute atomic E-state index is 12.8. The molecule has 2 atom stereocenters. The summed E-state index contributed by atoms with van der Waals surface area (Å²) in [7, 11) is 0. The van der Waals surface area contributed by atoms with Crippen molar-refractivity contribution in [2.75, 3.05) is 36.4 Å². The fraction of sp³-hybridized carbons (Fsp3) is 0.333. The zero-order valence-corrected chi connectivity index (χ0v) is 21.4. The zero-order chi connectivity index (χ0) is 24.0. The molecule has 2 unspecified atom stereocenters. The number of fused-ring (bicyclic) bond motifs is 1. The van der Waals surface area contributed by atoms with E-state index in [1.165, 1.54) is 39.8 Å². The molecular weight excluding hydrogens is 541 g/mol. The van der Waals surface area contributed by atoms with Crippen molar-refractivity contribution in [1.82, 2.24) is 14.9 Å². The molecule has 5 heterocycles. The molecule has 3 aromatic rings. The summed E-state index contributed by atoms with van der Waals surface area (Å²) in [6.07, 6.45) is 1.32. The number of carboxylic acid groups (broad SMARTS) is 1. The van der Waals surface area contributed by atoms with Gasteiger partial charge in [-0.3, -0.25) is 10.1 Å². The Morgan fingerprint density at radius 1 is 1.15 bits per heavy atom. The Morgan fingerprint density at radius 3 is 2.65 bits per heavy atom. The number of halogens is 3. The Balaban J connectivity index is 1.42. The highest BCUT2D eigenvalue weighted by Crippen LogP contribution is 2.45. The quantitative estimate of drug-likeness (QED) is 0.386. The van der Waals surface area contributed by atoms with Crippen LogP contribution in [0.25, 0.3) is 10.6 Å². The predicted octanol–water partition coefficient (Wildman–Crippen LogP) is 5.92. The van der Waals surface area contributed by atoms with Crippen LogP contribution in [0.3, 0.4) is 0 Å². The van der Waals surface area contributed by atoms with E-state index in [2.05, 4.69) is 15.2 Å². The van der Waals surface area contributed by atoms with E-state index in [-0.39, 0.29) is 21.7 Å². The van der Waals surface area contributed by atoms with Crippen molar-refractivity contribution in [3.05, 3.63) is 44.5 Å². The topological polar surface area (TPSA) is 98.7 Å². The second-order valence-corrected chi connectivity index (χ2v) is 11.3. The number of pyridine rings is 1. The first-order chi connectivity index (χ1) is 16.3. The van der Waals surface area contributed by atoms with Crippen LogP contribution in [0.4, 0.5) is 14.9 Å². The smallest absolute Gasteiger partial charge is 0.407 e. The van der Waals surface area contributed by atoms with Gasteiger partial charge in [-0.1, -0.05) is 46.1 Å². The minimum absolute atomic E-state index is 0.128. The summed E-state index contributed by atoms with van der Waals surface area (Å²) in [6.45, 7) is 2.63. The van der Waals surface area contributed by atoms with Gasteiger partial charge in [0.15, 0.2) is 5.13 Å². The largest absolute Gasteiger partial charge is 0.465 e. The third-order valence-electron chi connectivity index (χ3n) is 6.05. The Bertz CT molecular complexity index is 1270. The summed E-state index contributed by atoms with van der Waals surface area (Å²) in [6, 6.07) is 3.31. The Kier molecular flexibility index (Phi) is 6.60. The van der Waals surface area contributed by atoms with Crippen LogP contribution in [0.5, 0.6) is 0 Å². The van der Waals surface area contributed by atoms with Crippen molar-refractivity contribution in [2.24, 2.45) is 11.8 Å². The molecular formula is C21H18Cl3N5O3S2. The van der Waals surface area contributed by atoms with E-state index in [1.54, 1.807) is 0 Å². The molecule has 0 bridgehead atoms. The molecule has 2 N–H and O–H groups in total. The number of likely N-dealkylation sites (tertiary alicyclic amines) is 1. The Hall–Kier alpha value is -2.11. The lowest BCUT2D eigenvalue weighted by Gasteiger charge is -2.32. The van der Waals surface area contributed by atoms with Crippen LogP contribution in [0.2, 0.25) is 15.2 Å². The van der Waals surface area contributed by atoms with Gasteiger partial charge >= 0.3 is 6.09 Å². The van der Waals surface area contributed by atoms with E-state index in [4.69, 9.17) is 39.8 Å². The minimum Gasteiger partial charge on any atom is -0.465 e. The molecule has 0 radical (unpaired) electrons. The molecule has 13 heteroatoms. The number of nitrogens with zero attached hydrogens (tertiary/aromatic N) is 4. The molecule has 0 saturated carbocycles. The van der Waals surface area contributed by atoms with Crippen LogP contribution < -0.4 is 10.2 Å². The summed E-state index contributed by atoms with van der Waals surface area (Å²) in [5.74, 6) is 0.277. The van der Waals surface area contributed by atoms with Gasteiger partial charge in [0.2, 0.25) is 0 Å². The van der Waals surface area contributed by atoms with Gasteiger partial charge in [-0.15, -0.1) is 11.3 Å². The number of nitrogens with one attached hydrogen (secondary N) is 1. The number of rotatable bonds is 4. The van der Waals surface area contributed by atoms with Crippen LogP contribution in [0.15, 0.2) is 23.7 Å². The summed E-state index contributed by atoms with van der Waals surface area (Å²) in [5.41, 5.74) is 1.02. The van der Waals surface area contributed by atoms with Gasteiger partial charge in [0.1, 0.15) is 15.8 Å². The van der Waals surface area contributed by atoms with Gasteiger partial charge in [0.05, 0.1) is 20.5 Å². The first kappa shape index (κ1) is 23.6. The van der Waals surface area contributed by atoms with Gasteiger partial charge in [-0.05, 0) is 30.4 Å². The standard InChI is InChI=1S/C21H18Cl3N5O3S2/c22-13-4-15(33-9-13)16-19(29-6-10-1-2-28(21(31)32)7-12(10)8-29)34-20(26-16)27-18(30)11-3-14(23)17(24)25-5-11/h3-5,9-10,12H,1-2,6-8H2,(H,31,32)(H,26,27,30). The lowest BCUT2D eigenvalue weighted by Crippen LogP contribution is -2.42. The minimum atomic E-state index is -0.870. The molecule has 2 saturated heterocycles. The third-order valence-corrected chi connectivity index (χ3v) is 9.05. The van der Waals surface area contributed by atoms with Crippen molar-refractivity contribution in [2.45, 2.75) is 6.42 Å². The number of hydrogen-bond acceptors (Lipinski definition) is 7. The number of anilines is 2. The average Bonchev–Trinajstić information content (AvgIpc) is 3.52.